The van der Waals surface area contributed by atoms with Gasteiger partial charge >= 0.3 is 5.97 Å². The first-order valence-electron chi connectivity index (χ1n) is 5.97. The highest BCUT2D eigenvalue weighted by molar-refractivity contribution is 7.11. The van der Waals surface area contributed by atoms with Crippen LogP contribution in [-0.4, -0.2) is 41.1 Å². The maximum Gasteiger partial charge on any atom is 0.308 e. The van der Waals surface area contributed by atoms with Gasteiger partial charge in [0.1, 0.15) is 0 Å². The number of carboxylic acid groups (broad SMARTS) is 1. The van der Waals surface area contributed by atoms with E-state index in [2.05, 4.69) is 16.9 Å². The molecule has 5 heteroatoms. The van der Waals surface area contributed by atoms with Gasteiger partial charge in [0, 0.05) is 24.0 Å². The zero-order valence-corrected chi connectivity index (χ0v) is 10.9. The van der Waals surface area contributed by atoms with Crippen LogP contribution in [0.4, 0.5) is 0 Å². The van der Waals surface area contributed by atoms with Gasteiger partial charge in [0.2, 0.25) is 0 Å². The second-order valence-corrected chi connectivity index (χ2v) is 5.97. The molecule has 2 rings (SSSR count). The monoisotopic (exact) mass is 254 g/mol. The molecule has 0 spiro atoms. The van der Waals surface area contributed by atoms with Crippen LogP contribution in [0.5, 0.6) is 0 Å². The molecular weight excluding hydrogens is 236 g/mol. The molecular formula is C12H18N2O2S. The van der Waals surface area contributed by atoms with Crippen molar-refractivity contribution in [1.29, 1.82) is 0 Å². The Bertz CT molecular complexity index is 392. The van der Waals surface area contributed by atoms with E-state index in [1.54, 1.807) is 17.5 Å². The van der Waals surface area contributed by atoms with E-state index < -0.39 is 5.97 Å². The average molecular weight is 254 g/mol. The highest BCUT2D eigenvalue weighted by Gasteiger charge is 2.19. The summed E-state index contributed by atoms with van der Waals surface area (Å²) in [5.41, 5.74) is 0. The summed E-state index contributed by atoms with van der Waals surface area (Å²) in [5, 5.41) is 9.79. The largest absolute Gasteiger partial charge is 0.481 e. The fourth-order valence-electron chi connectivity index (χ4n) is 2.36. The lowest BCUT2D eigenvalue weighted by Crippen LogP contribution is -2.32. The van der Waals surface area contributed by atoms with Gasteiger partial charge in [0.05, 0.1) is 11.4 Å². The smallest absolute Gasteiger partial charge is 0.308 e. The Morgan fingerprint density at radius 1 is 1.71 bits per heavy atom. The van der Waals surface area contributed by atoms with Crippen molar-refractivity contribution >= 4 is 17.3 Å². The van der Waals surface area contributed by atoms with Crippen molar-refractivity contribution in [3.05, 3.63) is 16.1 Å². The molecule has 0 saturated carbocycles. The van der Waals surface area contributed by atoms with Crippen LogP contribution in [0, 0.1) is 5.92 Å². The van der Waals surface area contributed by atoms with Crippen LogP contribution >= 0.6 is 11.3 Å². The molecule has 0 aliphatic carbocycles. The molecule has 0 radical (unpaired) electrons. The van der Waals surface area contributed by atoms with Gasteiger partial charge in [0.25, 0.3) is 0 Å². The fraction of sp³-hybridized carbons (Fsp3) is 0.667. The summed E-state index contributed by atoms with van der Waals surface area (Å²) >= 11 is 1.55. The van der Waals surface area contributed by atoms with Crippen molar-refractivity contribution in [2.45, 2.75) is 25.7 Å². The number of carbonyl (C=O) groups is 1. The number of nitrogens with zero attached hydrogens (tertiary/aromatic N) is 2. The molecule has 1 aromatic rings. The fourth-order valence-corrected chi connectivity index (χ4v) is 3.39. The minimum Gasteiger partial charge on any atom is -0.481 e. The number of likely N-dealkylation sites (tertiary alicyclic amines) is 1. The number of aliphatic carboxylic acids is 1. The Balaban J connectivity index is 1.89. The Morgan fingerprint density at radius 2 is 2.53 bits per heavy atom. The van der Waals surface area contributed by atoms with Gasteiger partial charge in [-0.25, -0.2) is 4.98 Å². The van der Waals surface area contributed by atoms with Crippen LogP contribution in [0.1, 0.15) is 22.7 Å². The van der Waals surface area contributed by atoms with Crippen LogP contribution in [0.2, 0.25) is 0 Å². The quantitative estimate of drug-likeness (QED) is 0.887. The molecule has 2 heterocycles. The summed E-state index contributed by atoms with van der Waals surface area (Å²) in [6.45, 7) is 2.33. The van der Waals surface area contributed by atoms with Crippen LogP contribution < -0.4 is 0 Å². The average Bonchev–Trinajstić information content (AvgIpc) is 2.64. The molecule has 17 heavy (non-hydrogen) atoms. The Labute approximate surface area is 105 Å². The second kappa shape index (κ2) is 5.60. The van der Waals surface area contributed by atoms with E-state index >= 15 is 0 Å². The van der Waals surface area contributed by atoms with Gasteiger partial charge in [-0.3, -0.25) is 4.79 Å². The maximum absolute atomic E-state index is 10.6. The number of aromatic nitrogens is 1. The standard InChI is InChI=1S/C12H18N2O2S/c1-14-4-2-3-9(8-14)5-11-13-7-10(17-11)6-12(15)16/h7,9H,2-6,8H2,1H3,(H,15,16). The minimum atomic E-state index is -0.780. The summed E-state index contributed by atoms with van der Waals surface area (Å²) in [7, 11) is 2.16. The minimum absolute atomic E-state index is 0.0994. The van der Waals surface area contributed by atoms with Gasteiger partial charge in [-0.1, -0.05) is 0 Å². The summed E-state index contributed by atoms with van der Waals surface area (Å²) < 4.78 is 0. The summed E-state index contributed by atoms with van der Waals surface area (Å²) in [6.07, 6.45) is 5.32. The van der Waals surface area contributed by atoms with Crippen molar-refractivity contribution in [3.63, 3.8) is 0 Å². The Kier molecular flexibility index (Phi) is 4.12. The molecule has 1 atom stereocenters. The highest BCUT2D eigenvalue weighted by Crippen LogP contribution is 2.22. The van der Waals surface area contributed by atoms with E-state index in [0.29, 0.717) is 5.92 Å². The number of rotatable bonds is 4. The molecule has 0 aromatic carbocycles. The van der Waals surface area contributed by atoms with Crippen molar-refractivity contribution in [2.75, 3.05) is 20.1 Å². The highest BCUT2D eigenvalue weighted by atomic mass is 32.1. The van der Waals surface area contributed by atoms with Crippen LogP contribution in [-0.2, 0) is 17.6 Å². The van der Waals surface area contributed by atoms with Gasteiger partial charge in [0.15, 0.2) is 0 Å². The lowest BCUT2D eigenvalue weighted by Gasteiger charge is -2.29. The predicted octanol–water partition coefficient (Wildman–Crippen LogP) is 1.65. The van der Waals surface area contributed by atoms with Gasteiger partial charge in [-0.2, -0.15) is 0 Å². The maximum atomic E-state index is 10.6. The van der Waals surface area contributed by atoms with E-state index in [4.69, 9.17) is 5.11 Å². The van der Waals surface area contributed by atoms with E-state index in [0.717, 1.165) is 22.9 Å². The molecule has 0 amide bonds. The number of hydrogen-bond acceptors (Lipinski definition) is 4. The predicted molar refractivity (Wildman–Crippen MR) is 67.4 cm³/mol. The number of hydrogen-bond donors (Lipinski definition) is 1. The molecule has 1 N–H and O–H groups in total. The summed E-state index contributed by atoms with van der Waals surface area (Å²) in [6, 6.07) is 0. The molecule has 4 nitrogen and oxygen atoms in total. The molecule has 94 valence electrons. The Morgan fingerprint density at radius 3 is 3.24 bits per heavy atom. The summed E-state index contributed by atoms with van der Waals surface area (Å²) in [4.78, 5) is 18.1. The SMILES string of the molecule is CN1CCCC(Cc2ncc(CC(=O)O)s2)C1. The normalized spacial score (nSPS) is 21.6. The number of thiazole rings is 1. The van der Waals surface area contributed by atoms with Crippen molar-refractivity contribution in [2.24, 2.45) is 5.92 Å². The van der Waals surface area contributed by atoms with Crippen molar-refractivity contribution < 1.29 is 9.90 Å². The van der Waals surface area contributed by atoms with E-state index in [9.17, 15) is 4.79 Å². The first-order valence-corrected chi connectivity index (χ1v) is 6.79. The van der Waals surface area contributed by atoms with E-state index in [1.165, 1.54) is 19.4 Å². The third-order valence-electron chi connectivity index (χ3n) is 3.11. The lowest BCUT2D eigenvalue weighted by atomic mass is 9.95. The number of piperidine rings is 1. The zero-order chi connectivity index (χ0) is 12.3. The lowest BCUT2D eigenvalue weighted by molar-refractivity contribution is -0.136. The third-order valence-corrected chi connectivity index (χ3v) is 4.13. The number of carboxylic acids is 1. The third kappa shape index (κ3) is 3.78. The second-order valence-electron chi connectivity index (χ2n) is 4.77. The van der Waals surface area contributed by atoms with E-state index in [-0.39, 0.29) is 6.42 Å². The molecule has 1 aliphatic rings. The Hall–Kier alpha value is -0.940. The molecule has 1 aromatic heterocycles. The van der Waals surface area contributed by atoms with Crippen LogP contribution in [0.15, 0.2) is 6.20 Å². The molecule has 1 fully saturated rings. The van der Waals surface area contributed by atoms with E-state index in [1.807, 2.05) is 0 Å². The zero-order valence-electron chi connectivity index (χ0n) is 10.1. The topological polar surface area (TPSA) is 53.4 Å². The molecule has 1 saturated heterocycles. The molecule has 1 unspecified atom stereocenters. The molecule has 0 bridgehead atoms. The van der Waals surface area contributed by atoms with Crippen LogP contribution in [0.25, 0.3) is 0 Å². The first-order chi connectivity index (χ1) is 8.13. The van der Waals surface area contributed by atoms with Gasteiger partial charge in [-0.15, -0.1) is 11.3 Å². The molecule has 1 aliphatic heterocycles. The van der Waals surface area contributed by atoms with Crippen LogP contribution in [0.3, 0.4) is 0 Å². The van der Waals surface area contributed by atoms with Crippen molar-refractivity contribution in [1.82, 2.24) is 9.88 Å². The van der Waals surface area contributed by atoms with Gasteiger partial charge < -0.3 is 10.0 Å². The van der Waals surface area contributed by atoms with Crippen molar-refractivity contribution in [3.8, 4) is 0 Å². The van der Waals surface area contributed by atoms with Gasteiger partial charge in [-0.05, 0) is 32.4 Å². The summed E-state index contributed by atoms with van der Waals surface area (Å²) in [5.74, 6) is -0.102. The first kappa shape index (κ1) is 12.5.